The Labute approximate surface area is 127 Å². The van der Waals surface area contributed by atoms with Gasteiger partial charge < -0.3 is 21.4 Å². The number of hydrogen-bond acceptors (Lipinski definition) is 4. The Morgan fingerprint density at radius 3 is 2.67 bits per heavy atom. The lowest BCUT2D eigenvalue weighted by molar-refractivity contribution is -0.696. The second-order valence-electron chi connectivity index (χ2n) is 4.84. The van der Waals surface area contributed by atoms with Crippen LogP contribution in [-0.2, 0) is 11.3 Å². The maximum Gasteiger partial charge on any atom is 0.248 e. The smallest absolute Gasteiger partial charge is 0.248 e. The number of imidazole rings is 1. The predicted octanol–water partition coefficient (Wildman–Crippen LogP) is -0.131. The maximum absolute atomic E-state index is 10.0. The molecule has 4 N–H and O–H groups in total. The van der Waals surface area contributed by atoms with Crippen molar-refractivity contribution >= 4 is 12.2 Å². The lowest BCUT2D eigenvalue weighted by Gasteiger charge is -2.10. The van der Waals surface area contributed by atoms with Gasteiger partial charge in [0, 0.05) is 6.04 Å². The van der Waals surface area contributed by atoms with Gasteiger partial charge in [-0.25, -0.2) is 9.13 Å². The summed E-state index contributed by atoms with van der Waals surface area (Å²) in [6, 6.07) is -0.827. The van der Waals surface area contributed by atoms with Gasteiger partial charge in [-0.15, -0.1) is 0 Å². The molecule has 6 nitrogen and oxygen atoms in total. The van der Waals surface area contributed by atoms with Gasteiger partial charge in [0.25, 0.3) is 0 Å². The summed E-state index contributed by atoms with van der Waals surface area (Å²) in [4.78, 5) is 10.0. The summed E-state index contributed by atoms with van der Waals surface area (Å²) in [7, 11) is 0. The molecule has 0 fully saturated rings. The summed E-state index contributed by atoms with van der Waals surface area (Å²) in [6.07, 6.45) is 12.4. The third kappa shape index (κ3) is 9.81. The van der Waals surface area contributed by atoms with Crippen LogP contribution in [0.1, 0.15) is 39.0 Å². The first kappa shape index (κ1) is 19.3. The lowest BCUT2D eigenvalue weighted by atomic mass is 10.1. The largest absolute Gasteiger partial charge is 0.548 e. The number of rotatable bonds is 9. The van der Waals surface area contributed by atoms with E-state index in [1.807, 2.05) is 17.1 Å². The van der Waals surface area contributed by atoms with Crippen molar-refractivity contribution in [3.8, 4) is 0 Å². The van der Waals surface area contributed by atoms with Crippen molar-refractivity contribution in [3.05, 3.63) is 25.3 Å². The highest BCUT2D eigenvalue weighted by Gasteiger charge is 2.00. The van der Waals surface area contributed by atoms with Crippen molar-refractivity contribution in [3.63, 3.8) is 0 Å². The molecule has 0 radical (unpaired) electrons. The molecule has 0 aliphatic heterocycles. The summed E-state index contributed by atoms with van der Waals surface area (Å²) in [5, 5.41) is 10.0. The Bertz CT molecular complexity index is 404. The number of carbonyl (C=O) groups excluding carboxylic acids is 1. The quantitative estimate of drug-likeness (QED) is 0.489. The van der Waals surface area contributed by atoms with Crippen molar-refractivity contribution in [2.75, 3.05) is 6.54 Å². The van der Waals surface area contributed by atoms with Gasteiger partial charge in [0.15, 0.2) is 0 Å². The van der Waals surface area contributed by atoms with Crippen molar-refractivity contribution in [1.82, 2.24) is 4.57 Å². The minimum absolute atomic E-state index is 0.458. The van der Waals surface area contributed by atoms with Crippen LogP contribution in [0.25, 0.3) is 6.20 Å². The van der Waals surface area contributed by atoms with Gasteiger partial charge in [0.1, 0.15) is 12.4 Å². The van der Waals surface area contributed by atoms with E-state index >= 15 is 0 Å². The van der Waals surface area contributed by atoms with E-state index in [0.29, 0.717) is 13.0 Å². The molecule has 0 aromatic carbocycles. The monoisotopic (exact) mass is 296 g/mol. The van der Waals surface area contributed by atoms with Crippen molar-refractivity contribution in [2.45, 2.75) is 51.6 Å². The number of aryl methyl sites for hydroxylation is 1. The number of carbonyl (C=O) groups is 1. The van der Waals surface area contributed by atoms with E-state index < -0.39 is 12.0 Å². The number of nitrogens with zero attached hydrogens (tertiary/aromatic N) is 2. The summed E-state index contributed by atoms with van der Waals surface area (Å²) in [5.74, 6) is -1.18. The van der Waals surface area contributed by atoms with Crippen LogP contribution in [0.3, 0.4) is 0 Å². The van der Waals surface area contributed by atoms with E-state index in [0.717, 1.165) is 19.4 Å². The zero-order chi connectivity index (χ0) is 16.1. The molecule has 0 saturated heterocycles. The van der Waals surface area contributed by atoms with Gasteiger partial charge in [-0.1, -0.05) is 26.3 Å². The number of aromatic nitrogens is 2. The Kier molecular flexibility index (Phi) is 11.2. The number of nitrogens with two attached hydrogens (primary N) is 2. The lowest BCUT2D eigenvalue weighted by Crippen LogP contribution is -2.41. The van der Waals surface area contributed by atoms with Crippen LogP contribution in [-0.4, -0.2) is 23.1 Å². The standard InChI is InChI=1S/C9H15N2.C6H14N2O2/c1-3-5-6-11-8-7-10(4-2)9-11;7-4-2-1-3-5(8)6(9)10/h4,7-9H,2-3,5-6H2,1H3;5H,1-4,7-8H2,(H,9,10)/q+1;/p-1/t;5-/m.0/s1. The Hall–Kier alpha value is -1.66. The van der Waals surface area contributed by atoms with E-state index in [2.05, 4.69) is 24.3 Å². The third-order valence-corrected chi connectivity index (χ3v) is 2.96. The molecule has 0 bridgehead atoms. The number of unbranched alkanes of at least 4 members (excludes halogenated alkanes) is 2. The Morgan fingerprint density at radius 1 is 1.48 bits per heavy atom. The average molecular weight is 296 g/mol. The van der Waals surface area contributed by atoms with Crippen LogP contribution in [0.2, 0.25) is 0 Å². The van der Waals surface area contributed by atoms with Gasteiger partial charge in [0.05, 0.1) is 18.7 Å². The van der Waals surface area contributed by atoms with E-state index in [4.69, 9.17) is 11.5 Å². The van der Waals surface area contributed by atoms with Crippen LogP contribution in [0, 0.1) is 0 Å². The van der Waals surface area contributed by atoms with Gasteiger partial charge in [-0.05, 0) is 25.8 Å². The molecular formula is C15H28N4O2. The fraction of sp³-hybridized carbons (Fsp3) is 0.600. The van der Waals surface area contributed by atoms with Crippen LogP contribution in [0.15, 0.2) is 25.3 Å². The zero-order valence-corrected chi connectivity index (χ0v) is 12.9. The molecule has 120 valence electrons. The molecule has 1 rings (SSSR count). The van der Waals surface area contributed by atoms with Crippen LogP contribution in [0.4, 0.5) is 0 Å². The number of carboxylic acids is 1. The topological polar surface area (TPSA) is 101 Å². The molecular weight excluding hydrogens is 268 g/mol. The fourth-order valence-electron chi connectivity index (χ4n) is 1.62. The summed E-state index contributed by atoms with van der Waals surface area (Å²) in [6.45, 7) is 7.57. The van der Waals surface area contributed by atoms with Gasteiger partial charge in [-0.2, -0.15) is 0 Å². The SMILES string of the molecule is C=Cn1cc[n+](CCCC)c1.NCCCC[C@H](N)C(=O)[O-]. The molecule has 0 saturated carbocycles. The second-order valence-corrected chi connectivity index (χ2v) is 4.84. The second kappa shape index (κ2) is 12.1. The highest BCUT2D eigenvalue weighted by Crippen LogP contribution is 1.96. The van der Waals surface area contributed by atoms with Crippen LogP contribution < -0.4 is 21.1 Å². The maximum atomic E-state index is 10.0. The number of carboxylic acid groups (broad SMARTS) is 1. The van der Waals surface area contributed by atoms with Crippen molar-refractivity contribution < 1.29 is 14.5 Å². The van der Waals surface area contributed by atoms with E-state index in [1.165, 1.54) is 12.8 Å². The molecule has 0 aliphatic rings. The first-order valence-electron chi connectivity index (χ1n) is 7.40. The summed E-state index contributed by atoms with van der Waals surface area (Å²) in [5.41, 5.74) is 10.3. The van der Waals surface area contributed by atoms with Crippen molar-refractivity contribution in [2.24, 2.45) is 11.5 Å². The first-order chi connectivity index (χ1) is 10.0. The van der Waals surface area contributed by atoms with Crippen molar-refractivity contribution in [1.29, 1.82) is 0 Å². The molecule has 1 heterocycles. The normalized spacial score (nSPS) is 11.4. The molecule has 0 amide bonds. The Morgan fingerprint density at radius 2 is 2.19 bits per heavy atom. The molecule has 0 spiro atoms. The van der Waals surface area contributed by atoms with Crippen LogP contribution >= 0.6 is 0 Å². The van der Waals surface area contributed by atoms with Gasteiger partial charge >= 0.3 is 0 Å². The minimum Gasteiger partial charge on any atom is -0.548 e. The molecule has 0 aliphatic carbocycles. The van der Waals surface area contributed by atoms with E-state index in [1.54, 1.807) is 6.20 Å². The molecule has 1 atom stereocenters. The van der Waals surface area contributed by atoms with Gasteiger partial charge in [0.2, 0.25) is 6.33 Å². The highest BCUT2D eigenvalue weighted by atomic mass is 16.4. The molecule has 1 aromatic rings. The van der Waals surface area contributed by atoms with E-state index in [9.17, 15) is 9.90 Å². The number of hydrogen-bond donors (Lipinski definition) is 2. The number of aliphatic carboxylic acids is 1. The molecule has 0 unspecified atom stereocenters. The van der Waals surface area contributed by atoms with Crippen LogP contribution in [0.5, 0.6) is 0 Å². The zero-order valence-electron chi connectivity index (χ0n) is 12.9. The summed E-state index contributed by atoms with van der Waals surface area (Å²) >= 11 is 0. The average Bonchev–Trinajstić information content (AvgIpc) is 2.93. The summed E-state index contributed by atoms with van der Waals surface area (Å²) < 4.78 is 4.13. The van der Waals surface area contributed by atoms with Gasteiger partial charge in [-0.3, -0.25) is 0 Å². The molecule has 6 heteroatoms. The highest BCUT2D eigenvalue weighted by molar-refractivity contribution is 5.70. The fourth-order valence-corrected chi connectivity index (χ4v) is 1.62. The molecule has 1 aromatic heterocycles. The first-order valence-corrected chi connectivity index (χ1v) is 7.40. The minimum atomic E-state index is -1.18. The van der Waals surface area contributed by atoms with E-state index in [-0.39, 0.29) is 0 Å². The molecule has 21 heavy (non-hydrogen) atoms. The Balaban J connectivity index is 0.000000384. The predicted molar refractivity (Wildman–Crippen MR) is 81.8 cm³/mol. The third-order valence-electron chi connectivity index (χ3n) is 2.96.